The molecule has 0 aliphatic carbocycles. The van der Waals surface area contributed by atoms with Crippen molar-refractivity contribution >= 4 is 45.7 Å². The van der Waals surface area contributed by atoms with Crippen LogP contribution in [0.2, 0.25) is 0 Å². The topological polar surface area (TPSA) is 91.9 Å². The van der Waals surface area contributed by atoms with Gasteiger partial charge in [-0.3, -0.25) is 14.2 Å². The Hall–Kier alpha value is -3.39. The van der Waals surface area contributed by atoms with E-state index < -0.39 is 0 Å². The number of H-pyrrole nitrogens is 2. The minimum Gasteiger partial charge on any atom is -0.497 e. The standard InChI is InChI=1S/C21H20N4O3S/c1-28-14-9-10-16-15(12-14)18-19(23-16)20(27)25(21(29)24-18)11-5-8-17(26)22-13-6-3-2-4-7-13/h2-4,6-7,9-10,12,23H,5,8,11H2,1H3,(H,22,26)(H,24,29). The Kier molecular flexibility index (Phi) is 5.18. The predicted octanol–water partition coefficient (Wildman–Crippen LogP) is 3.97. The van der Waals surface area contributed by atoms with Crippen LogP contribution >= 0.6 is 12.2 Å². The first-order chi connectivity index (χ1) is 14.1. The molecule has 2 aromatic carbocycles. The molecule has 0 bridgehead atoms. The molecule has 4 rings (SSSR count). The number of rotatable bonds is 6. The summed E-state index contributed by atoms with van der Waals surface area (Å²) >= 11 is 5.40. The molecule has 0 atom stereocenters. The van der Waals surface area contributed by atoms with E-state index in [1.807, 2.05) is 48.5 Å². The van der Waals surface area contributed by atoms with Crippen LogP contribution in [0.4, 0.5) is 5.69 Å². The maximum absolute atomic E-state index is 13.0. The van der Waals surface area contributed by atoms with E-state index in [2.05, 4.69) is 15.3 Å². The average Bonchev–Trinajstić information content (AvgIpc) is 3.09. The first kappa shape index (κ1) is 18.9. The van der Waals surface area contributed by atoms with E-state index in [1.165, 1.54) is 4.57 Å². The number of nitrogens with zero attached hydrogens (tertiary/aromatic N) is 1. The number of anilines is 1. The lowest BCUT2D eigenvalue weighted by molar-refractivity contribution is -0.116. The molecule has 0 aliphatic rings. The molecule has 0 radical (unpaired) electrons. The number of nitrogens with one attached hydrogen (secondary N) is 3. The molecule has 4 aromatic rings. The van der Waals surface area contributed by atoms with Crippen molar-refractivity contribution in [1.82, 2.24) is 14.5 Å². The molecule has 2 heterocycles. The van der Waals surface area contributed by atoms with Crippen molar-refractivity contribution in [1.29, 1.82) is 0 Å². The molecule has 2 aromatic heterocycles. The summed E-state index contributed by atoms with van der Waals surface area (Å²) in [5.74, 6) is 0.601. The molecule has 0 fully saturated rings. The number of ether oxygens (including phenoxy) is 1. The SMILES string of the molecule is COc1ccc2[nH]c3c(=O)n(CCCC(=O)Nc4ccccc4)c(=S)[nH]c3c2c1. The van der Waals surface area contributed by atoms with E-state index in [4.69, 9.17) is 17.0 Å². The Labute approximate surface area is 171 Å². The predicted molar refractivity (Wildman–Crippen MR) is 116 cm³/mol. The van der Waals surface area contributed by atoms with Crippen molar-refractivity contribution in [3.8, 4) is 5.75 Å². The number of carbonyl (C=O) groups excluding carboxylic acids is 1. The highest BCUT2D eigenvalue weighted by Gasteiger charge is 2.13. The number of methoxy groups -OCH3 is 1. The van der Waals surface area contributed by atoms with Crippen molar-refractivity contribution in [2.45, 2.75) is 19.4 Å². The summed E-state index contributed by atoms with van der Waals surface area (Å²) in [6.07, 6.45) is 0.785. The third-order valence-corrected chi connectivity index (χ3v) is 5.11. The highest BCUT2D eigenvalue weighted by atomic mass is 32.1. The number of carbonyl (C=O) groups is 1. The number of aromatic amines is 2. The van der Waals surface area contributed by atoms with E-state index in [0.29, 0.717) is 34.5 Å². The lowest BCUT2D eigenvalue weighted by atomic mass is 10.2. The minimum atomic E-state index is -0.206. The Bertz CT molecular complexity index is 1300. The molecule has 3 N–H and O–H groups in total. The zero-order valence-electron chi connectivity index (χ0n) is 15.8. The van der Waals surface area contributed by atoms with Crippen LogP contribution in [0.1, 0.15) is 12.8 Å². The minimum absolute atomic E-state index is 0.0991. The van der Waals surface area contributed by atoms with Crippen LogP contribution in [0.5, 0.6) is 5.75 Å². The molecular formula is C21H20N4O3S. The van der Waals surface area contributed by atoms with Crippen LogP contribution in [-0.2, 0) is 11.3 Å². The van der Waals surface area contributed by atoms with E-state index in [1.54, 1.807) is 7.11 Å². The van der Waals surface area contributed by atoms with Crippen LogP contribution < -0.4 is 15.6 Å². The number of hydrogen-bond acceptors (Lipinski definition) is 4. The summed E-state index contributed by atoms with van der Waals surface area (Å²) in [5, 5.41) is 3.68. The van der Waals surface area contributed by atoms with Gasteiger partial charge in [0.25, 0.3) is 5.56 Å². The molecule has 29 heavy (non-hydrogen) atoms. The van der Waals surface area contributed by atoms with Gasteiger partial charge in [-0.2, -0.15) is 0 Å². The lowest BCUT2D eigenvalue weighted by Gasteiger charge is -2.07. The Balaban J connectivity index is 1.55. The van der Waals surface area contributed by atoms with Gasteiger partial charge in [-0.05, 0) is 49.0 Å². The van der Waals surface area contributed by atoms with Gasteiger partial charge >= 0.3 is 0 Å². The molecule has 0 saturated carbocycles. The van der Waals surface area contributed by atoms with Crippen molar-refractivity contribution < 1.29 is 9.53 Å². The Morgan fingerprint density at radius 3 is 2.69 bits per heavy atom. The van der Waals surface area contributed by atoms with E-state index in [0.717, 1.165) is 16.6 Å². The monoisotopic (exact) mass is 408 g/mol. The van der Waals surface area contributed by atoms with Crippen molar-refractivity contribution in [3.05, 3.63) is 63.7 Å². The number of amides is 1. The summed E-state index contributed by atoms with van der Waals surface area (Å²) in [5.41, 5.74) is 2.48. The number of fused-ring (bicyclic) bond motifs is 3. The summed E-state index contributed by atoms with van der Waals surface area (Å²) in [6, 6.07) is 14.8. The van der Waals surface area contributed by atoms with Crippen LogP contribution in [-0.4, -0.2) is 27.6 Å². The van der Waals surface area contributed by atoms with Gasteiger partial charge in [0.1, 0.15) is 11.3 Å². The summed E-state index contributed by atoms with van der Waals surface area (Å²) < 4.78 is 7.08. The van der Waals surface area contributed by atoms with Crippen molar-refractivity contribution in [3.63, 3.8) is 0 Å². The fourth-order valence-corrected chi connectivity index (χ4v) is 3.61. The van der Waals surface area contributed by atoms with Crippen molar-refractivity contribution in [2.75, 3.05) is 12.4 Å². The lowest BCUT2D eigenvalue weighted by Crippen LogP contribution is -2.23. The average molecular weight is 408 g/mol. The highest BCUT2D eigenvalue weighted by molar-refractivity contribution is 7.71. The Morgan fingerprint density at radius 2 is 1.93 bits per heavy atom. The molecule has 8 heteroatoms. The maximum atomic E-state index is 13.0. The third-order valence-electron chi connectivity index (χ3n) is 4.78. The quantitative estimate of drug-likeness (QED) is 0.421. The van der Waals surface area contributed by atoms with Crippen LogP contribution in [0.3, 0.4) is 0 Å². The van der Waals surface area contributed by atoms with Crippen LogP contribution in [0.15, 0.2) is 53.3 Å². The van der Waals surface area contributed by atoms with Crippen molar-refractivity contribution in [2.24, 2.45) is 0 Å². The van der Waals surface area contributed by atoms with Gasteiger partial charge in [0.15, 0.2) is 4.77 Å². The van der Waals surface area contributed by atoms with Gasteiger partial charge in [0.05, 0.1) is 12.6 Å². The van der Waals surface area contributed by atoms with Gasteiger partial charge in [-0.25, -0.2) is 0 Å². The summed E-state index contributed by atoms with van der Waals surface area (Å²) in [7, 11) is 1.60. The molecule has 0 unspecified atom stereocenters. The van der Waals surface area contributed by atoms with Gasteiger partial charge in [-0.15, -0.1) is 0 Å². The van der Waals surface area contributed by atoms with Gasteiger partial charge < -0.3 is 20.0 Å². The first-order valence-corrected chi connectivity index (χ1v) is 9.65. The summed E-state index contributed by atoms with van der Waals surface area (Å²) in [6.45, 7) is 0.352. The largest absolute Gasteiger partial charge is 0.497 e. The first-order valence-electron chi connectivity index (χ1n) is 9.24. The number of benzene rings is 2. The smallest absolute Gasteiger partial charge is 0.278 e. The second kappa shape index (κ2) is 7.92. The molecular weight excluding hydrogens is 388 g/mol. The second-order valence-electron chi connectivity index (χ2n) is 6.69. The zero-order valence-corrected chi connectivity index (χ0v) is 16.6. The van der Waals surface area contributed by atoms with Crippen LogP contribution in [0.25, 0.3) is 21.9 Å². The molecule has 0 saturated heterocycles. The molecule has 0 aliphatic heterocycles. The maximum Gasteiger partial charge on any atom is 0.278 e. The van der Waals surface area contributed by atoms with E-state index >= 15 is 0 Å². The molecule has 148 valence electrons. The van der Waals surface area contributed by atoms with E-state index in [9.17, 15) is 9.59 Å². The normalized spacial score (nSPS) is 11.1. The van der Waals surface area contributed by atoms with Gasteiger partial charge in [0, 0.05) is 29.6 Å². The third kappa shape index (κ3) is 3.79. The van der Waals surface area contributed by atoms with Crippen LogP contribution in [0, 0.1) is 4.77 Å². The van der Waals surface area contributed by atoms with E-state index in [-0.39, 0.29) is 17.9 Å². The summed E-state index contributed by atoms with van der Waals surface area (Å²) in [4.78, 5) is 31.4. The van der Waals surface area contributed by atoms with Gasteiger partial charge in [0.2, 0.25) is 5.91 Å². The number of hydrogen-bond donors (Lipinski definition) is 3. The van der Waals surface area contributed by atoms with Gasteiger partial charge in [-0.1, -0.05) is 18.2 Å². The fourth-order valence-electron chi connectivity index (χ4n) is 3.34. The number of aromatic nitrogens is 3. The zero-order chi connectivity index (χ0) is 20.4. The number of para-hydroxylation sites is 1. The molecule has 0 spiro atoms. The fraction of sp³-hybridized carbons (Fsp3) is 0.190. The highest BCUT2D eigenvalue weighted by Crippen LogP contribution is 2.25. The molecule has 7 nitrogen and oxygen atoms in total. The Morgan fingerprint density at radius 1 is 1.14 bits per heavy atom. The second-order valence-corrected chi connectivity index (χ2v) is 7.08. The molecule has 1 amide bonds.